The quantitative estimate of drug-likeness (QED) is 0.779. The van der Waals surface area contributed by atoms with Crippen LogP contribution in [0.25, 0.3) is 11.4 Å². The monoisotopic (exact) mass is 236 g/mol. The lowest BCUT2D eigenvalue weighted by Gasteiger charge is -2.02. The predicted molar refractivity (Wildman–Crippen MR) is 62.3 cm³/mol. The topological polar surface area (TPSA) is 70.7 Å². The molecule has 5 nitrogen and oxygen atoms in total. The van der Waals surface area contributed by atoms with E-state index in [2.05, 4.69) is 19.8 Å². The first kappa shape index (κ1) is 10.6. The van der Waals surface area contributed by atoms with E-state index in [1.165, 1.54) is 0 Å². The Morgan fingerprint density at radius 1 is 1.25 bits per heavy atom. The molecule has 2 N–H and O–H groups in total. The largest absolute Gasteiger partial charge is 0.349 e. The standard InChI is InChI=1S/C10H9ClN4O/c1-6-2-4-7(5-3-6)8-12-9(15-11)14-10(16)13-8/h2-5H,1H3,(H2,12,13,14,15,16). The number of rotatable bonds is 2. The lowest BCUT2D eigenvalue weighted by atomic mass is 10.1. The second kappa shape index (κ2) is 4.32. The van der Waals surface area contributed by atoms with Crippen molar-refractivity contribution in [3.05, 3.63) is 40.3 Å². The summed E-state index contributed by atoms with van der Waals surface area (Å²) in [5.74, 6) is 0.518. The molecule has 1 heterocycles. The minimum Gasteiger partial charge on any atom is -0.290 e. The van der Waals surface area contributed by atoms with E-state index in [9.17, 15) is 4.79 Å². The van der Waals surface area contributed by atoms with Gasteiger partial charge in [-0.15, -0.1) is 0 Å². The first-order valence-corrected chi connectivity index (χ1v) is 4.99. The van der Waals surface area contributed by atoms with Crippen molar-refractivity contribution in [3.8, 4) is 11.4 Å². The average molecular weight is 237 g/mol. The molecular formula is C10H9ClN4O. The minimum absolute atomic E-state index is 0.0843. The fourth-order valence-corrected chi connectivity index (χ4v) is 1.36. The van der Waals surface area contributed by atoms with Crippen LogP contribution in [0.5, 0.6) is 0 Å². The highest BCUT2D eigenvalue weighted by atomic mass is 35.5. The third kappa shape index (κ3) is 2.20. The lowest BCUT2D eigenvalue weighted by molar-refractivity contribution is 1.01. The fraction of sp³-hybridized carbons (Fsp3) is 0.100. The Morgan fingerprint density at radius 2 is 1.94 bits per heavy atom. The zero-order chi connectivity index (χ0) is 11.5. The number of halogens is 1. The van der Waals surface area contributed by atoms with Crippen molar-refractivity contribution < 1.29 is 0 Å². The Labute approximate surface area is 96.6 Å². The Kier molecular flexibility index (Phi) is 2.87. The van der Waals surface area contributed by atoms with Crippen molar-refractivity contribution >= 4 is 17.7 Å². The van der Waals surface area contributed by atoms with Crippen LogP contribution in [0.1, 0.15) is 5.56 Å². The van der Waals surface area contributed by atoms with Crippen LogP contribution >= 0.6 is 11.8 Å². The Bertz CT molecular complexity index is 549. The van der Waals surface area contributed by atoms with E-state index < -0.39 is 5.69 Å². The highest BCUT2D eigenvalue weighted by Crippen LogP contribution is 2.14. The molecule has 0 aliphatic rings. The van der Waals surface area contributed by atoms with Gasteiger partial charge < -0.3 is 0 Å². The van der Waals surface area contributed by atoms with E-state index in [0.717, 1.165) is 11.1 Å². The molecule has 0 saturated heterocycles. The van der Waals surface area contributed by atoms with Gasteiger partial charge in [0.1, 0.15) is 5.82 Å². The van der Waals surface area contributed by atoms with E-state index >= 15 is 0 Å². The molecule has 0 radical (unpaired) electrons. The van der Waals surface area contributed by atoms with Crippen LogP contribution in [0.3, 0.4) is 0 Å². The van der Waals surface area contributed by atoms with Crippen molar-refractivity contribution in [2.24, 2.45) is 0 Å². The summed E-state index contributed by atoms with van der Waals surface area (Å²) >= 11 is 5.36. The van der Waals surface area contributed by atoms with Crippen molar-refractivity contribution in [2.75, 3.05) is 4.84 Å². The molecule has 0 amide bonds. The van der Waals surface area contributed by atoms with Crippen LogP contribution in [0.2, 0.25) is 0 Å². The van der Waals surface area contributed by atoms with Gasteiger partial charge in [-0.05, 0) is 6.92 Å². The number of anilines is 1. The molecular weight excluding hydrogens is 228 g/mol. The molecule has 0 aliphatic heterocycles. The van der Waals surface area contributed by atoms with E-state index in [1.54, 1.807) is 0 Å². The van der Waals surface area contributed by atoms with Gasteiger partial charge in [-0.3, -0.25) is 9.82 Å². The van der Waals surface area contributed by atoms with Crippen molar-refractivity contribution in [2.45, 2.75) is 6.92 Å². The van der Waals surface area contributed by atoms with Crippen LogP contribution in [0.4, 0.5) is 5.95 Å². The molecule has 82 valence electrons. The Hall–Kier alpha value is -1.88. The molecule has 0 spiro atoms. The summed E-state index contributed by atoms with van der Waals surface area (Å²) in [4.78, 5) is 23.5. The number of H-pyrrole nitrogens is 1. The Balaban J connectivity index is 2.51. The van der Waals surface area contributed by atoms with E-state index in [-0.39, 0.29) is 5.95 Å². The van der Waals surface area contributed by atoms with Crippen molar-refractivity contribution in [1.29, 1.82) is 0 Å². The van der Waals surface area contributed by atoms with Gasteiger partial charge in [0.15, 0.2) is 0 Å². The number of nitrogens with zero attached hydrogens (tertiary/aromatic N) is 2. The normalized spacial score (nSPS) is 10.1. The van der Waals surface area contributed by atoms with Gasteiger partial charge in [0.05, 0.1) is 0 Å². The smallest absolute Gasteiger partial charge is 0.290 e. The first-order chi connectivity index (χ1) is 7.69. The van der Waals surface area contributed by atoms with Crippen molar-refractivity contribution in [1.82, 2.24) is 15.0 Å². The molecule has 2 rings (SSSR count). The molecule has 0 atom stereocenters. The molecule has 6 heteroatoms. The summed E-state index contributed by atoms with van der Waals surface area (Å²) in [6.45, 7) is 1.98. The molecule has 0 bridgehead atoms. The van der Waals surface area contributed by atoms with Gasteiger partial charge in [0, 0.05) is 17.3 Å². The van der Waals surface area contributed by atoms with Gasteiger partial charge in [-0.25, -0.2) is 4.79 Å². The number of benzene rings is 1. The number of hydrogen-bond acceptors (Lipinski definition) is 4. The van der Waals surface area contributed by atoms with E-state index in [4.69, 9.17) is 11.8 Å². The number of hydrogen-bond donors (Lipinski definition) is 2. The molecule has 0 aliphatic carbocycles. The third-order valence-electron chi connectivity index (χ3n) is 2.06. The molecule has 16 heavy (non-hydrogen) atoms. The summed E-state index contributed by atoms with van der Waals surface area (Å²) in [7, 11) is 0. The maximum Gasteiger partial charge on any atom is 0.349 e. The molecule has 1 aromatic carbocycles. The third-order valence-corrected chi connectivity index (χ3v) is 2.23. The molecule has 0 unspecified atom stereocenters. The summed E-state index contributed by atoms with van der Waals surface area (Å²) in [6.07, 6.45) is 0. The Morgan fingerprint density at radius 3 is 2.56 bits per heavy atom. The van der Waals surface area contributed by atoms with E-state index in [0.29, 0.717) is 5.82 Å². The zero-order valence-corrected chi connectivity index (χ0v) is 9.25. The first-order valence-electron chi connectivity index (χ1n) is 4.61. The lowest BCUT2D eigenvalue weighted by Crippen LogP contribution is -2.14. The summed E-state index contributed by atoms with van der Waals surface area (Å²) in [5.41, 5.74) is 1.45. The van der Waals surface area contributed by atoms with Gasteiger partial charge in [-0.2, -0.15) is 9.97 Å². The van der Waals surface area contributed by atoms with Gasteiger partial charge in [0.25, 0.3) is 0 Å². The molecule has 2 aromatic rings. The maximum absolute atomic E-state index is 11.2. The summed E-state index contributed by atoms with van der Waals surface area (Å²) in [5, 5.41) is 0. The van der Waals surface area contributed by atoms with Crippen LogP contribution < -0.4 is 10.5 Å². The van der Waals surface area contributed by atoms with Gasteiger partial charge in [0.2, 0.25) is 5.95 Å². The molecule has 0 saturated carbocycles. The second-order valence-corrected chi connectivity index (χ2v) is 3.48. The molecule has 0 fully saturated rings. The summed E-state index contributed by atoms with van der Waals surface area (Å²) < 4.78 is 0. The van der Waals surface area contributed by atoms with Crippen LogP contribution in [-0.2, 0) is 0 Å². The predicted octanol–water partition coefficient (Wildman–Crippen LogP) is 1.71. The van der Waals surface area contributed by atoms with Crippen LogP contribution in [0, 0.1) is 6.92 Å². The highest BCUT2D eigenvalue weighted by molar-refractivity contribution is 6.23. The number of nitrogens with one attached hydrogen (secondary N) is 2. The number of aromatic nitrogens is 3. The fourth-order valence-electron chi connectivity index (χ4n) is 1.27. The zero-order valence-electron chi connectivity index (χ0n) is 8.49. The molecule has 1 aromatic heterocycles. The van der Waals surface area contributed by atoms with Gasteiger partial charge in [-0.1, -0.05) is 29.8 Å². The number of aryl methyl sites for hydroxylation is 1. The highest BCUT2D eigenvalue weighted by Gasteiger charge is 2.03. The van der Waals surface area contributed by atoms with E-state index in [1.807, 2.05) is 31.2 Å². The van der Waals surface area contributed by atoms with Crippen molar-refractivity contribution in [3.63, 3.8) is 0 Å². The number of aromatic amines is 1. The average Bonchev–Trinajstić information content (AvgIpc) is 2.29. The SMILES string of the molecule is Cc1ccc(-c2nc(NCl)nc(=O)[nH]2)cc1. The van der Waals surface area contributed by atoms with Crippen LogP contribution in [-0.4, -0.2) is 15.0 Å². The summed E-state index contributed by atoms with van der Waals surface area (Å²) in [6, 6.07) is 7.60. The van der Waals surface area contributed by atoms with Gasteiger partial charge >= 0.3 is 5.69 Å². The minimum atomic E-state index is -0.492. The second-order valence-electron chi connectivity index (χ2n) is 3.29. The van der Waals surface area contributed by atoms with Crippen LogP contribution in [0.15, 0.2) is 29.1 Å². The maximum atomic E-state index is 11.2.